The number of nitrogens with zero attached hydrogens (tertiary/aromatic N) is 2. The molecule has 0 aromatic rings. The van der Waals surface area contributed by atoms with E-state index in [1.54, 1.807) is 0 Å². The average molecular weight is 243 g/mol. The van der Waals surface area contributed by atoms with Crippen LogP contribution in [-0.2, 0) is 4.74 Å². The third-order valence-electron chi connectivity index (χ3n) is 3.13. The van der Waals surface area contributed by atoms with E-state index in [0.29, 0.717) is 12.3 Å². The van der Waals surface area contributed by atoms with E-state index >= 15 is 0 Å². The van der Waals surface area contributed by atoms with E-state index in [9.17, 15) is 9.90 Å². The lowest BCUT2D eigenvalue weighted by molar-refractivity contribution is -0.0718. The summed E-state index contributed by atoms with van der Waals surface area (Å²) in [5, 5.41) is 18.6. The lowest BCUT2D eigenvalue weighted by atomic mass is 10.1. The number of hydrogen-bond acceptors (Lipinski definition) is 5. The average Bonchev–Trinajstić information content (AvgIpc) is 2.57. The summed E-state index contributed by atoms with van der Waals surface area (Å²) in [7, 11) is 0. The molecule has 4 N–H and O–H groups in total. The van der Waals surface area contributed by atoms with E-state index < -0.39 is 24.5 Å². The van der Waals surface area contributed by atoms with Gasteiger partial charge in [0.05, 0.1) is 12.7 Å². The number of aliphatic imine (C=N–C) groups is 1. The van der Waals surface area contributed by atoms with Gasteiger partial charge in [-0.1, -0.05) is 0 Å². The summed E-state index contributed by atoms with van der Waals surface area (Å²) in [6, 6.07) is -0.563. The molecule has 0 radical (unpaired) electrons. The van der Waals surface area contributed by atoms with Gasteiger partial charge in [-0.05, 0) is 6.92 Å². The maximum absolute atomic E-state index is 11.7. The van der Waals surface area contributed by atoms with Crippen molar-refractivity contribution in [3.05, 3.63) is 0 Å². The Hall–Kier alpha value is -1.18. The Morgan fingerprint density at radius 2 is 2.35 bits per heavy atom. The molecule has 4 atom stereocenters. The Bertz CT molecular complexity index is 346. The van der Waals surface area contributed by atoms with Gasteiger partial charge in [-0.2, -0.15) is 4.99 Å². The van der Waals surface area contributed by atoms with Crippen molar-refractivity contribution >= 4 is 11.9 Å². The summed E-state index contributed by atoms with van der Waals surface area (Å²) >= 11 is 0. The van der Waals surface area contributed by atoms with Crippen molar-refractivity contribution < 1.29 is 19.7 Å². The van der Waals surface area contributed by atoms with Crippen molar-refractivity contribution in [2.75, 3.05) is 6.61 Å². The zero-order valence-corrected chi connectivity index (χ0v) is 9.61. The molecule has 1 saturated heterocycles. The first kappa shape index (κ1) is 12.3. The minimum absolute atomic E-state index is 0.116. The molecule has 2 heterocycles. The minimum atomic E-state index is -0.756. The van der Waals surface area contributed by atoms with Crippen LogP contribution in [0.1, 0.15) is 19.8 Å². The molecule has 0 saturated carbocycles. The second-order valence-electron chi connectivity index (χ2n) is 4.46. The second kappa shape index (κ2) is 4.59. The van der Waals surface area contributed by atoms with E-state index in [0.717, 1.165) is 0 Å². The lowest BCUT2D eigenvalue weighted by Crippen LogP contribution is -2.49. The van der Waals surface area contributed by atoms with Gasteiger partial charge >= 0.3 is 6.03 Å². The van der Waals surface area contributed by atoms with Crippen molar-refractivity contribution in [3.8, 4) is 0 Å². The normalized spacial score (nSPS) is 38.4. The van der Waals surface area contributed by atoms with Crippen molar-refractivity contribution in [1.82, 2.24) is 4.90 Å². The molecule has 0 aromatic heterocycles. The summed E-state index contributed by atoms with van der Waals surface area (Å²) < 4.78 is 5.43. The molecule has 7 heteroatoms. The van der Waals surface area contributed by atoms with Crippen LogP contribution in [0.4, 0.5) is 4.79 Å². The Morgan fingerprint density at radius 1 is 1.65 bits per heavy atom. The number of amidine groups is 1. The van der Waals surface area contributed by atoms with E-state index in [1.807, 2.05) is 6.92 Å². The Kier molecular flexibility index (Phi) is 3.32. The van der Waals surface area contributed by atoms with Gasteiger partial charge in [0.15, 0.2) is 0 Å². The summed E-state index contributed by atoms with van der Waals surface area (Å²) in [5.74, 6) is 0.316. The van der Waals surface area contributed by atoms with Crippen LogP contribution >= 0.6 is 0 Å². The zero-order chi connectivity index (χ0) is 12.6. The molecule has 2 aliphatic rings. The lowest BCUT2D eigenvalue weighted by Gasteiger charge is -2.34. The number of urea groups is 1. The van der Waals surface area contributed by atoms with Crippen LogP contribution in [0.25, 0.3) is 0 Å². The molecule has 17 heavy (non-hydrogen) atoms. The first-order chi connectivity index (χ1) is 8.02. The number of carbonyl (C=O) groups is 1. The molecule has 1 fully saturated rings. The Balaban J connectivity index is 2.11. The first-order valence-electron chi connectivity index (χ1n) is 5.62. The van der Waals surface area contributed by atoms with Gasteiger partial charge in [0.2, 0.25) is 0 Å². The Morgan fingerprint density at radius 3 is 2.88 bits per heavy atom. The quantitative estimate of drug-likeness (QED) is 0.578. The molecule has 0 spiro atoms. The summed E-state index contributed by atoms with van der Waals surface area (Å²) in [5.41, 5.74) is 5.53. The van der Waals surface area contributed by atoms with Crippen LogP contribution in [0.15, 0.2) is 4.99 Å². The van der Waals surface area contributed by atoms with Gasteiger partial charge in [0, 0.05) is 18.9 Å². The van der Waals surface area contributed by atoms with E-state index in [4.69, 9.17) is 15.6 Å². The van der Waals surface area contributed by atoms with Crippen LogP contribution in [0, 0.1) is 0 Å². The molecular weight excluding hydrogens is 226 g/mol. The van der Waals surface area contributed by atoms with Gasteiger partial charge < -0.3 is 20.7 Å². The highest BCUT2D eigenvalue weighted by molar-refractivity contribution is 5.95. The van der Waals surface area contributed by atoms with Crippen LogP contribution < -0.4 is 5.73 Å². The fraction of sp³-hybridized carbons (Fsp3) is 0.800. The number of carbonyl (C=O) groups excluding carboxylic acids is 1. The number of aliphatic hydroxyl groups is 2. The predicted molar refractivity (Wildman–Crippen MR) is 59.3 cm³/mol. The summed E-state index contributed by atoms with van der Waals surface area (Å²) in [6.45, 7) is 1.58. The Labute approximate surface area is 98.9 Å². The summed E-state index contributed by atoms with van der Waals surface area (Å²) in [6.07, 6.45) is -1.15. The molecule has 7 nitrogen and oxygen atoms in total. The molecule has 0 bridgehead atoms. The highest BCUT2D eigenvalue weighted by atomic mass is 16.5. The fourth-order valence-corrected chi connectivity index (χ4v) is 2.27. The highest BCUT2D eigenvalue weighted by Crippen LogP contribution is 2.27. The molecule has 0 aliphatic carbocycles. The number of nitrogens with two attached hydrogens (primary N) is 1. The molecule has 96 valence electrons. The fourth-order valence-electron chi connectivity index (χ4n) is 2.27. The maximum atomic E-state index is 11.7. The van der Waals surface area contributed by atoms with E-state index in [1.165, 1.54) is 4.90 Å². The highest BCUT2D eigenvalue weighted by Gasteiger charge is 2.41. The zero-order valence-electron chi connectivity index (χ0n) is 9.61. The van der Waals surface area contributed by atoms with Crippen LogP contribution in [0.2, 0.25) is 0 Å². The molecule has 0 aromatic carbocycles. The second-order valence-corrected chi connectivity index (χ2v) is 4.46. The van der Waals surface area contributed by atoms with Crippen LogP contribution in [-0.4, -0.2) is 58.1 Å². The van der Waals surface area contributed by atoms with Gasteiger partial charge in [-0.3, -0.25) is 4.90 Å². The number of ether oxygens (including phenoxy) is 1. The maximum Gasteiger partial charge on any atom is 0.347 e. The predicted octanol–water partition coefficient (Wildman–Crippen LogP) is -0.974. The van der Waals surface area contributed by atoms with Gasteiger partial charge in [-0.15, -0.1) is 0 Å². The largest absolute Gasteiger partial charge is 0.394 e. The minimum Gasteiger partial charge on any atom is -0.394 e. The molecule has 2 amide bonds. The summed E-state index contributed by atoms with van der Waals surface area (Å²) in [4.78, 5) is 16.9. The topological polar surface area (TPSA) is 108 Å². The van der Waals surface area contributed by atoms with Crippen LogP contribution in [0.3, 0.4) is 0 Å². The van der Waals surface area contributed by atoms with E-state index in [2.05, 4.69) is 4.99 Å². The number of aliphatic hydroxyl groups excluding tert-OH is 2. The van der Waals surface area contributed by atoms with Crippen molar-refractivity contribution in [3.63, 3.8) is 0 Å². The molecule has 4 unspecified atom stereocenters. The van der Waals surface area contributed by atoms with E-state index in [-0.39, 0.29) is 19.1 Å². The van der Waals surface area contributed by atoms with Gasteiger partial charge in [0.25, 0.3) is 0 Å². The first-order valence-corrected chi connectivity index (χ1v) is 5.62. The van der Waals surface area contributed by atoms with Gasteiger partial charge in [0.1, 0.15) is 18.2 Å². The molecule has 2 rings (SSSR count). The number of hydrogen-bond donors (Lipinski definition) is 3. The number of rotatable bonds is 2. The third kappa shape index (κ3) is 2.26. The standard InChI is InChI=1S/C10H17N3O4/c1-5-2-8(11)12-10(16)13(5)9-3-6(15)7(4-14)17-9/h5-7,9,14-15H,2-4H2,1H3,(H2,11,12,16). The SMILES string of the molecule is CC1CC(N)=NC(=O)N1C1CC(O)C(CO)O1. The van der Waals surface area contributed by atoms with Crippen molar-refractivity contribution in [2.45, 2.75) is 44.2 Å². The third-order valence-corrected chi connectivity index (χ3v) is 3.13. The molecule has 2 aliphatic heterocycles. The van der Waals surface area contributed by atoms with Gasteiger partial charge in [-0.25, -0.2) is 4.79 Å². The van der Waals surface area contributed by atoms with Crippen LogP contribution in [0.5, 0.6) is 0 Å². The van der Waals surface area contributed by atoms with Crippen molar-refractivity contribution in [2.24, 2.45) is 10.7 Å². The number of amides is 2. The monoisotopic (exact) mass is 243 g/mol. The van der Waals surface area contributed by atoms with Crippen molar-refractivity contribution in [1.29, 1.82) is 0 Å². The molecular formula is C10H17N3O4. The smallest absolute Gasteiger partial charge is 0.347 e.